The number of phosphoric acid groups is 1. The minimum absolute atomic E-state index is 0.0190. The molecule has 3 amide bonds. The lowest BCUT2D eigenvalue weighted by Gasteiger charge is -2.45. The third-order valence-corrected chi connectivity index (χ3v) is 23.5. The van der Waals surface area contributed by atoms with E-state index in [0.29, 0.717) is 22.6 Å². The van der Waals surface area contributed by atoms with E-state index >= 15 is 18.9 Å². The molecule has 9 atom stereocenters. The molecule has 5 heterocycles. The van der Waals surface area contributed by atoms with Crippen LogP contribution in [0.4, 0.5) is 4.79 Å². The molecule has 0 N–H and O–H groups in total. The normalized spacial score (nSPS) is 24.6. The van der Waals surface area contributed by atoms with Gasteiger partial charge in [0, 0.05) is 79.7 Å². The van der Waals surface area contributed by atoms with Crippen molar-refractivity contribution in [2.45, 2.75) is 173 Å². The molecule has 4 aliphatic rings. The maximum atomic E-state index is 15.5. The van der Waals surface area contributed by atoms with Gasteiger partial charge in [-0.15, -0.1) is 0 Å². The third-order valence-electron chi connectivity index (χ3n) is 16.5. The zero-order valence-electron chi connectivity index (χ0n) is 54.6. The smallest absolute Gasteiger partial charge is 0.474 e. The number of ether oxygens (including phenoxy) is 7. The number of carbonyl (C=O) groups excluding carboxylic acids is 2. The van der Waals surface area contributed by atoms with Gasteiger partial charge in [-0.1, -0.05) is 93.9 Å². The lowest BCUT2D eigenvalue weighted by atomic mass is 9.80. The van der Waals surface area contributed by atoms with Crippen molar-refractivity contribution < 1.29 is 69.9 Å². The van der Waals surface area contributed by atoms with E-state index in [1.165, 1.54) is 22.8 Å². The molecule has 3 aromatic carbocycles. The first-order chi connectivity index (χ1) is 42.7. The fourth-order valence-electron chi connectivity index (χ4n) is 11.6. The van der Waals surface area contributed by atoms with Crippen LogP contribution in [0.15, 0.2) is 94.6 Å². The van der Waals surface area contributed by atoms with Crippen molar-refractivity contribution >= 4 is 44.4 Å². The number of amides is 3. The summed E-state index contributed by atoms with van der Waals surface area (Å²) in [6.07, 6.45) is -5.65. The van der Waals surface area contributed by atoms with E-state index in [2.05, 4.69) is 45.4 Å². The molecular formula is C63H92N6O17P2Si2. The maximum absolute atomic E-state index is 15.5. The van der Waals surface area contributed by atoms with E-state index in [0.717, 1.165) is 27.1 Å². The Hall–Kier alpha value is -4.98. The number of aromatic nitrogens is 2. The molecular weight excluding hydrogens is 1230 g/mol. The molecule has 0 aliphatic carbocycles. The number of phosphoric ester groups is 1. The van der Waals surface area contributed by atoms with Crippen LogP contribution in [0, 0.1) is 16.7 Å². The van der Waals surface area contributed by atoms with E-state index in [1.807, 2.05) is 111 Å². The summed E-state index contributed by atoms with van der Waals surface area (Å²) in [5.41, 5.74) is -2.18. The SMILES string of the molecule is COc1ccc(C(OC[C@H]2O[C@@H]3C[C@@H]2OP(=O)(OC)OC[C@H]2O[C@H](C[C@@H]2OP(OCCC#N)N(C(C)C)C(C)C)n2cc(c(=O)n(COCC[Si](C)(C)C)c2=O)C[C@]2(C)CN3C(=O)N(COCC[Si](C)(C)C)C2=O)(c2ccccc2)c2ccc(OC)cc2)cc1. The molecule has 0 saturated carbocycles. The Morgan fingerprint density at radius 2 is 1.37 bits per heavy atom. The Morgan fingerprint density at radius 3 is 1.92 bits per heavy atom. The number of rotatable bonds is 27. The van der Waals surface area contributed by atoms with Crippen molar-refractivity contribution in [2.24, 2.45) is 5.41 Å². The summed E-state index contributed by atoms with van der Waals surface area (Å²) in [6.45, 7) is 21.6. The molecule has 4 aromatic rings. The highest BCUT2D eigenvalue weighted by molar-refractivity contribution is 7.48. The number of benzene rings is 3. The molecule has 2 unspecified atom stereocenters. The average molecular weight is 1320 g/mol. The molecule has 8 rings (SSSR count). The number of hydrogen-bond donors (Lipinski definition) is 0. The van der Waals surface area contributed by atoms with Crippen molar-refractivity contribution in [1.82, 2.24) is 23.6 Å². The Morgan fingerprint density at radius 1 is 0.778 bits per heavy atom. The van der Waals surface area contributed by atoms with Crippen LogP contribution >= 0.6 is 16.3 Å². The lowest BCUT2D eigenvalue weighted by Crippen LogP contribution is -2.64. The highest BCUT2D eigenvalue weighted by Crippen LogP contribution is 2.55. The fraction of sp³-hybridized carbons (Fsp3) is 0.603. The van der Waals surface area contributed by atoms with E-state index in [-0.39, 0.29) is 76.3 Å². The Labute approximate surface area is 532 Å². The van der Waals surface area contributed by atoms with Gasteiger partial charge in [0.1, 0.15) is 61.3 Å². The van der Waals surface area contributed by atoms with Gasteiger partial charge in [0.15, 0.2) is 0 Å². The standard InChI is InChI=1S/C63H92N6O17P2Si2/c1-44(2)69(45(3)4)87(81-30-18-29-64)85-52-35-56-65-38-46(58(70)67(60(65)72)42-78-31-33-89(9,10)11)37-62(5)41-66(61(73)68(59(62)71)43-79-32-34-90(12,13)14)57-36-53(86-88(74,77-8)82-40-55(52)84-56)54(83-57)39-80-63(47-19-16-15-17-20-47,48-21-25-50(75-6)26-22-48)49-23-27-51(76-7)28-24-49/h15-17,19-28,38,44-45,52-57H,18,30-37,39-43H2,1-14H3/t52-,53-,54+,55+,56+,57+,62+,87?,88?/m0/s1. The number of nitriles is 1. The maximum Gasteiger partial charge on any atom is 0.474 e. The van der Waals surface area contributed by atoms with Crippen molar-refractivity contribution in [3.05, 3.63) is 128 Å². The van der Waals surface area contributed by atoms with Crippen LogP contribution in [-0.2, 0) is 74.4 Å². The number of nitrogens with zero attached hydrogens (tertiary/aromatic N) is 6. The summed E-state index contributed by atoms with van der Waals surface area (Å²) in [7, 11) is -5.55. The molecule has 0 spiro atoms. The summed E-state index contributed by atoms with van der Waals surface area (Å²) in [5, 5.41) is 9.58. The van der Waals surface area contributed by atoms with Crippen LogP contribution in [0.25, 0.3) is 0 Å². The minimum Gasteiger partial charge on any atom is -0.497 e. The summed E-state index contributed by atoms with van der Waals surface area (Å²) in [4.78, 5) is 63.2. The predicted octanol–water partition coefficient (Wildman–Crippen LogP) is 10.7. The largest absolute Gasteiger partial charge is 0.497 e. The van der Waals surface area contributed by atoms with Gasteiger partial charge in [0.25, 0.3) is 14.1 Å². The summed E-state index contributed by atoms with van der Waals surface area (Å²) in [6, 6.07) is 27.4. The number of carbonyl (C=O) groups is 2. The minimum atomic E-state index is -4.71. The van der Waals surface area contributed by atoms with Gasteiger partial charge in [-0.05, 0) is 94.1 Å². The van der Waals surface area contributed by atoms with Crippen molar-refractivity contribution in [3.63, 3.8) is 0 Å². The van der Waals surface area contributed by atoms with E-state index in [1.54, 1.807) is 21.1 Å². The quantitative estimate of drug-likeness (QED) is 0.0233. The van der Waals surface area contributed by atoms with Gasteiger partial charge < -0.3 is 42.2 Å². The van der Waals surface area contributed by atoms with Crippen LogP contribution in [0.5, 0.6) is 11.5 Å². The van der Waals surface area contributed by atoms with E-state index < -0.39 is 124 Å². The highest BCUT2D eigenvalue weighted by atomic mass is 31.2. The predicted molar refractivity (Wildman–Crippen MR) is 344 cm³/mol. The zero-order chi connectivity index (χ0) is 65.3. The number of fused-ring (bicyclic) bond motifs is 10. The van der Waals surface area contributed by atoms with Gasteiger partial charge in [0.05, 0.1) is 58.0 Å². The Kier molecular flexibility index (Phi) is 23.9. The van der Waals surface area contributed by atoms with Gasteiger partial charge in [-0.25, -0.2) is 28.3 Å². The number of hydrogen-bond acceptors (Lipinski definition) is 19. The van der Waals surface area contributed by atoms with Crippen LogP contribution in [0.1, 0.15) is 82.4 Å². The molecule has 0 radical (unpaired) electrons. The van der Waals surface area contributed by atoms with Crippen LogP contribution in [0.3, 0.4) is 0 Å². The first kappa shape index (κ1) is 70.9. The Balaban J connectivity index is 1.28. The van der Waals surface area contributed by atoms with Crippen molar-refractivity contribution in [2.75, 3.05) is 67.6 Å². The molecule has 90 heavy (non-hydrogen) atoms. The third kappa shape index (κ3) is 16.9. The first-order valence-electron chi connectivity index (χ1n) is 30.8. The van der Waals surface area contributed by atoms with E-state index in [9.17, 15) is 10.1 Å². The van der Waals surface area contributed by atoms with Crippen molar-refractivity contribution in [1.29, 1.82) is 5.26 Å². The van der Waals surface area contributed by atoms with Gasteiger partial charge in [-0.3, -0.25) is 32.6 Å². The molecule has 3 saturated heterocycles. The molecule has 1 aromatic heterocycles. The second-order valence-electron chi connectivity index (χ2n) is 26.5. The molecule has 27 heteroatoms. The number of methoxy groups -OCH3 is 2. The molecule has 4 aliphatic heterocycles. The first-order valence-corrected chi connectivity index (χ1v) is 40.8. The summed E-state index contributed by atoms with van der Waals surface area (Å²) in [5.74, 6) is 0.611. The lowest BCUT2D eigenvalue weighted by molar-refractivity contribution is -0.156. The van der Waals surface area contributed by atoms with Crippen LogP contribution in [-0.4, -0.2) is 162 Å². The van der Waals surface area contributed by atoms with Crippen molar-refractivity contribution in [3.8, 4) is 17.6 Å². The number of imide groups is 1. The van der Waals surface area contributed by atoms with Gasteiger partial charge in [0.2, 0.25) is 5.91 Å². The van der Waals surface area contributed by atoms with Gasteiger partial charge >= 0.3 is 19.5 Å². The van der Waals surface area contributed by atoms with Gasteiger partial charge in [-0.2, -0.15) is 5.26 Å². The summed E-state index contributed by atoms with van der Waals surface area (Å²) >= 11 is 0. The molecule has 494 valence electrons. The van der Waals surface area contributed by atoms with E-state index in [4.69, 9.17) is 55.8 Å². The van der Waals surface area contributed by atoms with Crippen LogP contribution in [0.2, 0.25) is 51.4 Å². The monoisotopic (exact) mass is 1320 g/mol. The highest BCUT2D eigenvalue weighted by Gasteiger charge is 2.55. The molecule has 23 nitrogen and oxygen atoms in total. The Bertz CT molecular complexity index is 3210. The summed E-state index contributed by atoms with van der Waals surface area (Å²) < 4.78 is 96.6. The molecule has 3 fully saturated rings. The second kappa shape index (κ2) is 30.4. The molecule has 8 bridgehead atoms. The fourth-order valence-corrected chi connectivity index (χ4v) is 16.0. The number of urea groups is 1. The second-order valence-corrected chi connectivity index (χ2v) is 40.8. The van der Waals surface area contributed by atoms with Crippen LogP contribution < -0.4 is 20.7 Å². The topological polar surface area (TPSA) is 239 Å². The zero-order valence-corrected chi connectivity index (χ0v) is 58.4. The average Bonchev–Trinajstić information content (AvgIpc) is 1.23.